The van der Waals surface area contributed by atoms with Crippen molar-refractivity contribution >= 4 is 5.84 Å². The standard InChI is InChI=1S/C15H24FN3O/c1-10(2)7-8-11(3)18-9-12-5-4-6-13(14(12)16)15(17)19-20/h4-6,10-11,18,20H,7-9H2,1-3H3,(H2,17,19). The molecule has 0 saturated heterocycles. The molecule has 1 atom stereocenters. The van der Waals surface area contributed by atoms with Gasteiger partial charge in [-0.1, -0.05) is 31.1 Å². The lowest BCUT2D eigenvalue weighted by molar-refractivity contribution is 0.318. The molecule has 0 amide bonds. The highest BCUT2D eigenvalue weighted by atomic mass is 19.1. The highest BCUT2D eigenvalue weighted by Crippen LogP contribution is 2.14. The van der Waals surface area contributed by atoms with E-state index in [1.54, 1.807) is 12.1 Å². The largest absolute Gasteiger partial charge is 0.409 e. The predicted molar refractivity (Wildman–Crippen MR) is 79.3 cm³/mol. The van der Waals surface area contributed by atoms with Crippen LogP contribution in [-0.2, 0) is 6.54 Å². The number of hydrogen-bond donors (Lipinski definition) is 3. The molecule has 0 radical (unpaired) electrons. The minimum Gasteiger partial charge on any atom is -0.409 e. The van der Waals surface area contributed by atoms with Gasteiger partial charge in [-0.15, -0.1) is 0 Å². The zero-order valence-corrected chi connectivity index (χ0v) is 12.4. The van der Waals surface area contributed by atoms with E-state index < -0.39 is 5.82 Å². The topological polar surface area (TPSA) is 70.6 Å². The van der Waals surface area contributed by atoms with Crippen LogP contribution in [0.1, 0.15) is 44.7 Å². The molecule has 0 heterocycles. The summed E-state index contributed by atoms with van der Waals surface area (Å²) in [7, 11) is 0. The van der Waals surface area contributed by atoms with Crippen molar-refractivity contribution in [2.45, 2.75) is 46.2 Å². The Morgan fingerprint density at radius 3 is 2.65 bits per heavy atom. The minimum atomic E-state index is -0.439. The maximum absolute atomic E-state index is 14.2. The Morgan fingerprint density at radius 2 is 2.05 bits per heavy atom. The van der Waals surface area contributed by atoms with Gasteiger partial charge < -0.3 is 16.3 Å². The molecule has 1 aromatic carbocycles. The third-order valence-corrected chi connectivity index (χ3v) is 3.28. The Hall–Kier alpha value is -1.62. The zero-order chi connectivity index (χ0) is 15.1. The number of nitrogens with two attached hydrogens (primary N) is 1. The lowest BCUT2D eigenvalue weighted by atomic mass is 10.0. The van der Waals surface area contributed by atoms with Gasteiger partial charge in [-0.2, -0.15) is 0 Å². The van der Waals surface area contributed by atoms with E-state index in [0.717, 1.165) is 12.8 Å². The fourth-order valence-corrected chi connectivity index (χ4v) is 1.94. The molecular weight excluding hydrogens is 257 g/mol. The molecule has 5 heteroatoms. The van der Waals surface area contributed by atoms with Gasteiger partial charge in [0.1, 0.15) is 5.82 Å². The van der Waals surface area contributed by atoms with Gasteiger partial charge in [0, 0.05) is 18.2 Å². The van der Waals surface area contributed by atoms with Crippen LogP contribution < -0.4 is 11.1 Å². The van der Waals surface area contributed by atoms with E-state index in [1.165, 1.54) is 6.07 Å². The van der Waals surface area contributed by atoms with Crippen LogP contribution >= 0.6 is 0 Å². The Kier molecular flexibility index (Phi) is 6.45. The number of rotatable bonds is 7. The monoisotopic (exact) mass is 281 g/mol. The lowest BCUT2D eigenvalue weighted by Gasteiger charge is -2.16. The first-order chi connectivity index (χ1) is 9.45. The van der Waals surface area contributed by atoms with Gasteiger partial charge in [0.2, 0.25) is 0 Å². The summed E-state index contributed by atoms with van der Waals surface area (Å²) in [6.45, 7) is 6.89. The van der Waals surface area contributed by atoms with Crippen molar-refractivity contribution in [1.82, 2.24) is 5.32 Å². The molecule has 112 valence electrons. The van der Waals surface area contributed by atoms with Crippen LogP contribution in [0.4, 0.5) is 4.39 Å². The van der Waals surface area contributed by atoms with Crippen molar-refractivity contribution in [3.8, 4) is 0 Å². The summed E-state index contributed by atoms with van der Waals surface area (Å²) in [6.07, 6.45) is 2.19. The maximum atomic E-state index is 14.2. The summed E-state index contributed by atoms with van der Waals surface area (Å²) in [5.74, 6) is 0.0171. The normalized spacial score (nSPS) is 13.8. The van der Waals surface area contributed by atoms with Crippen LogP contribution in [0.3, 0.4) is 0 Å². The molecule has 4 N–H and O–H groups in total. The summed E-state index contributed by atoms with van der Waals surface area (Å²) in [6, 6.07) is 5.22. The quantitative estimate of drug-likeness (QED) is 0.311. The van der Waals surface area contributed by atoms with Crippen molar-refractivity contribution in [3.05, 3.63) is 35.1 Å². The summed E-state index contributed by atoms with van der Waals surface area (Å²) in [5, 5.41) is 14.8. The van der Waals surface area contributed by atoms with E-state index in [9.17, 15) is 4.39 Å². The number of amidine groups is 1. The number of hydrogen-bond acceptors (Lipinski definition) is 3. The predicted octanol–water partition coefficient (Wildman–Crippen LogP) is 2.83. The van der Waals surface area contributed by atoms with Crippen LogP contribution in [0, 0.1) is 11.7 Å². The van der Waals surface area contributed by atoms with Crippen molar-refractivity contribution in [2.75, 3.05) is 0 Å². The molecule has 1 aromatic rings. The second-order valence-corrected chi connectivity index (χ2v) is 5.52. The first-order valence-corrected chi connectivity index (χ1v) is 6.94. The highest BCUT2D eigenvalue weighted by Gasteiger charge is 2.12. The van der Waals surface area contributed by atoms with E-state index in [-0.39, 0.29) is 11.4 Å². The minimum absolute atomic E-state index is 0.127. The average Bonchev–Trinajstić information content (AvgIpc) is 2.43. The average molecular weight is 281 g/mol. The second-order valence-electron chi connectivity index (χ2n) is 5.52. The smallest absolute Gasteiger partial charge is 0.173 e. The van der Waals surface area contributed by atoms with Crippen molar-refractivity contribution < 1.29 is 9.60 Å². The molecule has 0 aliphatic rings. The Balaban J connectivity index is 2.65. The molecule has 1 rings (SSSR count). The maximum Gasteiger partial charge on any atom is 0.173 e. The Bertz CT molecular complexity index is 460. The Labute approximate surface area is 119 Å². The molecule has 20 heavy (non-hydrogen) atoms. The van der Waals surface area contributed by atoms with E-state index in [2.05, 4.69) is 31.2 Å². The van der Waals surface area contributed by atoms with Crippen molar-refractivity contribution in [1.29, 1.82) is 0 Å². The molecule has 0 saturated carbocycles. The van der Waals surface area contributed by atoms with Crippen LogP contribution in [0.5, 0.6) is 0 Å². The summed E-state index contributed by atoms with van der Waals surface area (Å²) in [4.78, 5) is 0. The number of benzene rings is 1. The molecule has 0 spiro atoms. The fourth-order valence-electron chi connectivity index (χ4n) is 1.94. The number of nitrogens with zero attached hydrogens (tertiary/aromatic N) is 1. The van der Waals surface area contributed by atoms with Crippen molar-refractivity contribution in [2.24, 2.45) is 16.8 Å². The van der Waals surface area contributed by atoms with Crippen LogP contribution in [0.25, 0.3) is 0 Å². The van der Waals surface area contributed by atoms with Crippen LogP contribution in [0.2, 0.25) is 0 Å². The van der Waals surface area contributed by atoms with Gasteiger partial charge in [0.15, 0.2) is 5.84 Å². The van der Waals surface area contributed by atoms with E-state index in [4.69, 9.17) is 10.9 Å². The lowest BCUT2D eigenvalue weighted by Crippen LogP contribution is -2.26. The fraction of sp³-hybridized carbons (Fsp3) is 0.533. The van der Waals surface area contributed by atoms with Gasteiger partial charge in [-0.3, -0.25) is 0 Å². The van der Waals surface area contributed by atoms with Gasteiger partial charge in [-0.05, 0) is 31.7 Å². The third-order valence-electron chi connectivity index (χ3n) is 3.28. The van der Waals surface area contributed by atoms with Gasteiger partial charge in [0.25, 0.3) is 0 Å². The molecular formula is C15H24FN3O. The molecule has 0 bridgehead atoms. The highest BCUT2D eigenvalue weighted by molar-refractivity contribution is 5.97. The number of halogens is 1. The van der Waals surface area contributed by atoms with E-state index >= 15 is 0 Å². The van der Waals surface area contributed by atoms with E-state index in [0.29, 0.717) is 24.1 Å². The molecule has 0 aliphatic heterocycles. The summed E-state index contributed by atoms with van der Waals surface area (Å²) >= 11 is 0. The molecule has 0 aromatic heterocycles. The molecule has 1 unspecified atom stereocenters. The first kappa shape index (κ1) is 16.4. The Morgan fingerprint density at radius 1 is 1.35 bits per heavy atom. The number of oxime groups is 1. The van der Waals surface area contributed by atoms with Crippen LogP contribution in [0.15, 0.2) is 23.4 Å². The number of nitrogens with one attached hydrogen (secondary N) is 1. The molecule has 0 fully saturated rings. The molecule has 4 nitrogen and oxygen atoms in total. The van der Waals surface area contributed by atoms with Gasteiger partial charge >= 0.3 is 0 Å². The van der Waals surface area contributed by atoms with Crippen LogP contribution in [-0.4, -0.2) is 17.1 Å². The summed E-state index contributed by atoms with van der Waals surface area (Å²) in [5.41, 5.74) is 6.09. The van der Waals surface area contributed by atoms with Gasteiger partial charge in [-0.25, -0.2) is 4.39 Å². The summed E-state index contributed by atoms with van der Waals surface area (Å²) < 4.78 is 14.2. The molecule has 0 aliphatic carbocycles. The van der Waals surface area contributed by atoms with Gasteiger partial charge in [0.05, 0.1) is 5.56 Å². The second kappa shape index (κ2) is 7.85. The zero-order valence-electron chi connectivity index (χ0n) is 12.4. The third kappa shape index (κ3) is 4.81. The first-order valence-electron chi connectivity index (χ1n) is 6.94. The van der Waals surface area contributed by atoms with Crippen molar-refractivity contribution in [3.63, 3.8) is 0 Å². The SMILES string of the molecule is CC(C)CCC(C)NCc1cccc(/C(N)=N/O)c1F. The van der Waals surface area contributed by atoms with E-state index in [1.807, 2.05) is 0 Å².